The fraction of sp³-hybridized carbons (Fsp3) is 0.0769. The zero-order valence-corrected chi connectivity index (χ0v) is 13.3. The van der Waals surface area contributed by atoms with E-state index in [1.54, 1.807) is 25.1 Å². The summed E-state index contributed by atoms with van der Waals surface area (Å²) in [7, 11) is 0. The van der Waals surface area contributed by atoms with Crippen molar-refractivity contribution < 1.29 is 19.8 Å². The third-order valence-corrected chi connectivity index (χ3v) is 4.36. The minimum Gasteiger partial charge on any atom is -0.507 e. The lowest BCUT2D eigenvalue weighted by atomic mass is 10.2. The first-order valence-corrected chi connectivity index (χ1v) is 7.41. The highest BCUT2D eigenvalue weighted by Crippen LogP contribution is 2.28. The van der Waals surface area contributed by atoms with Crippen LogP contribution in [0.15, 0.2) is 24.3 Å². The molecule has 0 spiro atoms. The largest absolute Gasteiger partial charge is 0.507 e. The smallest absolute Gasteiger partial charge is 0.346 e. The lowest BCUT2D eigenvalue weighted by Crippen LogP contribution is -2.11. The van der Waals surface area contributed by atoms with Gasteiger partial charge < -0.3 is 15.5 Å². The Hall–Kier alpha value is -1.61. The number of aromatic carboxylic acids is 1. The SMILES string of the molecule is Cc1cc(NC(=O)c2cc(I)ccc2O)sc1C(=O)O. The molecule has 0 aliphatic rings. The van der Waals surface area contributed by atoms with Gasteiger partial charge in [0.1, 0.15) is 10.6 Å². The van der Waals surface area contributed by atoms with Crippen LogP contribution in [-0.2, 0) is 0 Å². The van der Waals surface area contributed by atoms with Crippen LogP contribution in [0.4, 0.5) is 5.00 Å². The fourth-order valence-corrected chi connectivity index (χ4v) is 3.02. The molecule has 2 aromatic rings. The van der Waals surface area contributed by atoms with Crippen LogP contribution in [0, 0.1) is 10.5 Å². The number of phenolic OH excluding ortho intramolecular Hbond substituents is 1. The summed E-state index contributed by atoms with van der Waals surface area (Å²) in [6.07, 6.45) is 0. The van der Waals surface area contributed by atoms with Gasteiger partial charge in [-0.15, -0.1) is 11.3 Å². The number of aryl methyl sites for hydroxylation is 1. The summed E-state index contributed by atoms with van der Waals surface area (Å²) in [6, 6.07) is 6.28. The molecule has 104 valence electrons. The predicted molar refractivity (Wildman–Crippen MR) is 84.8 cm³/mol. The molecule has 0 saturated carbocycles. The molecule has 1 aromatic carbocycles. The Morgan fingerprint density at radius 3 is 2.60 bits per heavy atom. The number of nitrogens with one attached hydrogen (secondary N) is 1. The number of anilines is 1. The van der Waals surface area contributed by atoms with Crippen LogP contribution in [0.25, 0.3) is 0 Å². The van der Waals surface area contributed by atoms with Crippen LogP contribution in [-0.4, -0.2) is 22.1 Å². The number of phenols is 1. The highest BCUT2D eigenvalue weighted by molar-refractivity contribution is 14.1. The molecule has 0 aliphatic heterocycles. The number of amides is 1. The number of carbonyl (C=O) groups excluding carboxylic acids is 1. The van der Waals surface area contributed by atoms with Crippen molar-refractivity contribution in [1.29, 1.82) is 0 Å². The van der Waals surface area contributed by atoms with Crippen molar-refractivity contribution in [2.24, 2.45) is 0 Å². The first kappa shape index (κ1) is 14.8. The van der Waals surface area contributed by atoms with E-state index in [4.69, 9.17) is 5.11 Å². The van der Waals surface area contributed by atoms with Gasteiger partial charge in [0.05, 0.1) is 10.6 Å². The second-order valence-electron chi connectivity index (χ2n) is 4.04. The minimum absolute atomic E-state index is 0.116. The van der Waals surface area contributed by atoms with Gasteiger partial charge in [-0.2, -0.15) is 0 Å². The van der Waals surface area contributed by atoms with Crippen LogP contribution in [0.3, 0.4) is 0 Å². The Kier molecular flexibility index (Phi) is 4.29. The third-order valence-electron chi connectivity index (χ3n) is 2.55. The number of carboxylic acids is 1. The van der Waals surface area contributed by atoms with Crippen molar-refractivity contribution in [3.63, 3.8) is 0 Å². The average Bonchev–Trinajstić information content (AvgIpc) is 2.73. The lowest BCUT2D eigenvalue weighted by molar-refractivity contribution is 0.0701. The molecule has 1 heterocycles. The average molecular weight is 403 g/mol. The fourth-order valence-electron chi connectivity index (χ4n) is 1.63. The van der Waals surface area contributed by atoms with Gasteiger partial charge in [0, 0.05) is 3.57 Å². The maximum atomic E-state index is 12.1. The van der Waals surface area contributed by atoms with Crippen LogP contribution in [0.2, 0.25) is 0 Å². The van der Waals surface area contributed by atoms with E-state index in [1.807, 2.05) is 22.6 Å². The second kappa shape index (κ2) is 5.80. The van der Waals surface area contributed by atoms with Gasteiger partial charge in [0.2, 0.25) is 0 Å². The first-order chi connectivity index (χ1) is 9.38. The maximum Gasteiger partial charge on any atom is 0.346 e. The Balaban J connectivity index is 2.26. The number of benzene rings is 1. The van der Waals surface area contributed by atoms with Crippen molar-refractivity contribution in [2.75, 3.05) is 5.32 Å². The summed E-state index contributed by atoms with van der Waals surface area (Å²) in [5.74, 6) is -1.61. The zero-order valence-electron chi connectivity index (χ0n) is 10.3. The normalized spacial score (nSPS) is 10.3. The summed E-state index contributed by atoms with van der Waals surface area (Å²) in [5.41, 5.74) is 0.740. The molecule has 7 heteroatoms. The highest BCUT2D eigenvalue weighted by Gasteiger charge is 2.16. The quantitative estimate of drug-likeness (QED) is 0.687. The van der Waals surface area contributed by atoms with Crippen LogP contribution >= 0.6 is 33.9 Å². The van der Waals surface area contributed by atoms with Gasteiger partial charge in [0.15, 0.2) is 0 Å². The topological polar surface area (TPSA) is 86.6 Å². The van der Waals surface area contributed by atoms with E-state index in [9.17, 15) is 14.7 Å². The number of rotatable bonds is 3. The van der Waals surface area contributed by atoms with Crippen LogP contribution in [0.1, 0.15) is 25.6 Å². The van der Waals surface area contributed by atoms with Crippen LogP contribution < -0.4 is 5.32 Å². The monoisotopic (exact) mass is 403 g/mol. The molecule has 0 radical (unpaired) electrons. The van der Waals surface area contributed by atoms with E-state index in [-0.39, 0.29) is 16.2 Å². The molecule has 2 rings (SSSR count). The van der Waals surface area contributed by atoms with E-state index >= 15 is 0 Å². The van der Waals surface area contributed by atoms with Gasteiger partial charge in [-0.25, -0.2) is 4.79 Å². The molecule has 0 bridgehead atoms. The Morgan fingerprint density at radius 1 is 1.30 bits per heavy atom. The molecule has 0 fully saturated rings. The van der Waals surface area contributed by atoms with E-state index in [1.165, 1.54) is 6.07 Å². The molecule has 20 heavy (non-hydrogen) atoms. The lowest BCUT2D eigenvalue weighted by Gasteiger charge is -2.05. The number of hydrogen-bond donors (Lipinski definition) is 3. The Labute approximate surface area is 132 Å². The molecule has 0 atom stereocenters. The third kappa shape index (κ3) is 3.10. The summed E-state index contributed by atoms with van der Waals surface area (Å²) in [6.45, 7) is 1.67. The Morgan fingerprint density at radius 2 is 2.00 bits per heavy atom. The summed E-state index contributed by atoms with van der Waals surface area (Å²) in [4.78, 5) is 23.2. The molecular weight excluding hydrogens is 393 g/mol. The van der Waals surface area contributed by atoms with E-state index in [0.717, 1.165) is 14.9 Å². The molecular formula is C13H10INO4S. The number of halogens is 1. The van der Waals surface area contributed by atoms with Crippen molar-refractivity contribution in [2.45, 2.75) is 6.92 Å². The summed E-state index contributed by atoms with van der Waals surface area (Å²) < 4.78 is 0.819. The number of carbonyl (C=O) groups is 2. The van der Waals surface area contributed by atoms with E-state index in [2.05, 4.69) is 5.32 Å². The second-order valence-corrected chi connectivity index (χ2v) is 6.34. The van der Waals surface area contributed by atoms with Gasteiger partial charge in [-0.1, -0.05) is 0 Å². The first-order valence-electron chi connectivity index (χ1n) is 5.52. The number of aromatic hydroxyl groups is 1. The molecule has 5 nitrogen and oxygen atoms in total. The number of thiophene rings is 1. The standard InChI is InChI=1S/C13H10INO4S/c1-6-4-10(20-11(6)13(18)19)15-12(17)8-5-7(14)2-3-9(8)16/h2-5,16H,1H3,(H,15,17)(H,18,19). The zero-order chi connectivity index (χ0) is 14.9. The summed E-state index contributed by atoms with van der Waals surface area (Å²) >= 11 is 3.02. The van der Waals surface area contributed by atoms with E-state index in [0.29, 0.717) is 10.6 Å². The summed E-state index contributed by atoms with van der Waals surface area (Å²) in [5, 5.41) is 21.7. The number of hydrogen-bond acceptors (Lipinski definition) is 4. The van der Waals surface area contributed by atoms with Crippen LogP contribution in [0.5, 0.6) is 5.75 Å². The highest BCUT2D eigenvalue weighted by atomic mass is 127. The van der Waals surface area contributed by atoms with Gasteiger partial charge >= 0.3 is 5.97 Å². The molecule has 1 amide bonds. The minimum atomic E-state index is -1.02. The van der Waals surface area contributed by atoms with Crippen molar-refractivity contribution in [3.05, 3.63) is 43.8 Å². The van der Waals surface area contributed by atoms with Gasteiger partial charge in [0.25, 0.3) is 5.91 Å². The molecule has 1 aromatic heterocycles. The Bertz CT molecular complexity index is 696. The van der Waals surface area contributed by atoms with Gasteiger partial charge in [-0.05, 0) is 59.3 Å². The maximum absolute atomic E-state index is 12.1. The molecule has 0 unspecified atom stereocenters. The molecule has 3 N–H and O–H groups in total. The van der Waals surface area contributed by atoms with E-state index < -0.39 is 11.9 Å². The van der Waals surface area contributed by atoms with Crippen molar-refractivity contribution in [3.8, 4) is 5.75 Å². The molecule has 0 saturated heterocycles. The van der Waals surface area contributed by atoms with Crippen molar-refractivity contribution >= 4 is 50.8 Å². The number of carboxylic acid groups (broad SMARTS) is 1. The molecule has 0 aliphatic carbocycles. The predicted octanol–water partition coefficient (Wildman–Crippen LogP) is 3.32. The van der Waals surface area contributed by atoms with Crippen molar-refractivity contribution in [1.82, 2.24) is 0 Å². The van der Waals surface area contributed by atoms with Gasteiger partial charge in [-0.3, -0.25) is 4.79 Å².